The number of hydrogen-bond donors (Lipinski definition) is 2. The molecule has 0 spiro atoms. The van der Waals surface area contributed by atoms with Gasteiger partial charge in [-0.05, 0) is 48.1 Å². The zero-order chi connectivity index (χ0) is 20.5. The molecule has 1 heterocycles. The maximum absolute atomic E-state index is 13.0. The van der Waals surface area contributed by atoms with E-state index in [2.05, 4.69) is 26.1 Å². The highest BCUT2D eigenvalue weighted by molar-refractivity contribution is 7.17. The Labute approximate surface area is 171 Å². The molecular formula is C23H30N2O2S. The molecule has 3 N–H and O–H groups in total. The molecule has 0 unspecified atom stereocenters. The fourth-order valence-corrected chi connectivity index (χ4v) is 5.47. The molecule has 3 rings (SSSR count). The predicted molar refractivity (Wildman–Crippen MR) is 116 cm³/mol. The minimum atomic E-state index is -0.449. The molecule has 2 aromatic rings. The van der Waals surface area contributed by atoms with Gasteiger partial charge in [0.25, 0.3) is 5.91 Å². The van der Waals surface area contributed by atoms with Crippen LogP contribution >= 0.6 is 11.3 Å². The Bertz CT molecular complexity index is 865. The largest absolute Gasteiger partial charge is 0.365 e. The molecule has 0 radical (unpaired) electrons. The molecule has 150 valence electrons. The van der Waals surface area contributed by atoms with Crippen molar-refractivity contribution in [2.24, 2.45) is 17.1 Å². The third-order valence-corrected chi connectivity index (χ3v) is 7.07. The number of anilines is 1. The average Bonchev–Trinajstić information content (AvgIpc) is 2.99. The molecule has 2 amide bonds. The summed E-state index contributed by atoms with van der Waals surface area (Å²) in [5, 5.41) is 3.65. The topological polar surface area (TPSA) is 72.2 Å². The monoisotopic (exact) mass is 398 g/mol. The van der Waals surface area contributed by atoms with Crippen molar-refractivity contribution in [1.29, 1.82) is 0 Å². The summed E-state index contributed by atoms with van der Waals surface area (Å²) < 4.78 is 0. The van der Waals surface area contributed by atoms with E-state index >= 15 is 0 Å². The second kappa shape index (κ2) is 8.08. The van der Waals surface area contributed by atoms with Crippen molar-refractivity contribution in [3.8, 4) is 0 Å². The quantitative estimate of drug-likeness (QED) is 0.733. The molecule has 0 fully saturated rings. The Morgan fingerprint density at radius 1 is 1.25 bits per heavy atom. The van der Waals surface area contributed by atoms with Crippen LogP contribution < -0.4 is 11.1 Å². The predicted octanol–water partition coefficient (Wildman–Crippen LogP) is 5.13. The van der Waals surface area contributed by atoms with Crippen LogP contribution in [0.2, 0.25) is 0 Å². The molecule has 0 saturated carbocycles. The summed E-state index contributed by atoms with van der Waals surface area (Å²) in [5.41, 5.74) is 8.48. The minimum absolute atomic E-state index is 0.0813. The molecule has 2 atom stereocenters. The maximum Gasteiger partial charge on any atom is 0.251 e. The van der Waals surface area contributed by atoms with Gasteiger partial charge in [-0.15, -0.1) is 11.3 Å². The van der Waals surface area contributed by atoms with E-state index in [1.54, 1.807) is 0 Å². The summed E-state index contributed by atoms with van der Waals surface area (Å²) in [5.74, 6) is -0.212. The van der Waals surface area contributed by atoms with Gasteiger partial charge in [0.1, 0.15) is 5.00 Å². The first-order valence-corrected chi connectivity index (χ1v) is 10.8. The van der Waals surface area contributed by atoms with Crippen LogP contribution in [0, 0.1) is 11.3 Å². The number of fused-ring (bicyclic) bond motifs is 1. The molecule has 5 heteroatoms. The second-order valence-corrected chi connectivity index (χ2v) is 9.84. The normalized spacial score (nSPS) is 17.6. The summed E-state index contributed by atoms with van der Waals surface area (Å²) in [6, 6.07) is 9.76. The van der Waals surface area contributed by atoms with Gasteiger partial charge in [-0.25, -0.2) is 0 Å². The number of thiophene rings is 1. The van der Waals surface area contributed by atoms with E-state index in [0.29, 0.717) is 22.9 Å². The number of benzene rings is 1. The molecule has 4 nitrogen and oxygen atoms in total. The SMILES string of the molecule is CC[C@@H](C(=O)Nc1sc2c(c1C(N)=O)CC[C@@H](C(C)(C)C)C2)c1ccccc1. The molecular weight excluding hydrogens is 368 g/mol. The van der Waals surface area contributed by atoms with E-state index < -0.39 is 5.91 Å². The second-order valence-electron chi connectivity index (χ2n) is 8.74. The lowest BCUT2D eigenvalue weighted by Gasteiger charge is -2.33. The maximum atomic E-state index is 13.0. The van der Waals surface area contributed by atoms with Crippen molar-refractivity contribution in [3.05, 3.63) is 51.9 Å². The van der Waals surface area contributed by atoms with Gasteiger partial charge < -0.3 is 11.1 Å². The lowest BCUT2D eigenvalue weighted by molar-refractivity contribution is -0.117. The van der Waals surface area contributed by atoms with Gasteiger partial charge in [0, 0.05) is 4.88 Å². The van der Waals surface area contributed by atoms with Gasteiger partial charge in [-0.2, -0.15) is 0 Å². The number of nitrogens with two attached hydrogens (primary N) is 1. The van der Waals surface area contributed by atoms with Gasteiger partial charge in [0.15, 0.2) is 0 Å². The number of carbonyl (C=O) groups is 2. The van der Waals surface area contributed by atoms with Gasteiger partial charge in [0.2, 0.25) is 5.91 Å². The third-order valence-electron chi connectivity index (χ3n) is 5.90. The molecule has 1 aliphatic carbocycles. The van der Waals surface area contributed by atoms with Crippen molar-refractivity contribution in [1.82, 2.24) is 0 Å². The number of nitrogens with one attached hydrogen (secondary N) is 1. The molecule has 1 aliphatic rings. The van der Waals surface area contributed by atoms with Crippen LogP contribution in [0.15, 0.2) is 30.3 Å². The minimum Gasteiger partial charge on any atom is -0.365 e. The van der Waals surface area contributed by atoms with E-state index in [4.69, 9.17) is 5.73 Å². The lowest BCUT2D eigenvalue weighted by atomic mass is 9.72. The molecule has 0 aliphatic heterocycles. The summed E-state index contributed by atoms with van der Waals surface area (Å²) in [6.45, 7) is 8.79. The number of amides is 2. The van der Waals surface area contributed by atoms with Gasteiger partial charge >= 0.3 is 0 Å². The Morgan fingerprint density at radius 3 is 2.50 bits per heavy atom. The highest BCUT2D eigenvalue weighted by Crippen LogP contribution is 2.44. The van der Waals surface area contributed by atoms with Crippen LogP contribution in [-0.4, -0.2) is 11.8 Å². The lowest BCUT2D eigenvalue weighted by Crippen LogP contribution is -2.27. The van der Waals surface area contributed by atoms with Crippen molar-refractivity contribution in [3.63, 3.8) is 0 Å². The fourth-order valence-electron chi connectivity index (χ4n) is 4.13. The van der Waals surface area contributed by atoms with Gasteiger partial charge in [-0.1, -0.05) is 58.0 Å². The summed E-state index contributed by atoms with van der Waals surface area (Å²) in [4.78, 5) is 26.4. The van der Waals surface area contributed by atoms with Crippen LogP contribution in [0.4, 0.5) is 5.00 Å². The van der Waals surface area contributed by atoms with Crippen LogP contribution in [-0.2, 0) is 17.6 Å². The molecule has 1 aromatic heterocycles. The van der Waals surface area contributed by atoms with Crippen LogP contribution in [0.25, 0.3) is 0 Å². The molecule has 1 aromatic carbocycles. The Hall–Kier alpha value is -2.14. The molecule has 0 bridgehead atoms. The van der Waals surface area contributed by atoms with Crippen molar-refractivity contribution < 1.29 is 9.59 Å². The highest BCUT2D eigenvalue weighted by Gasteiger charge is 2.34. The average molecular weight is 399 g/mol. The first-order chi connectivity index (χ1) is 13.2. The van der Waals surface area contributed by atoms with Crippen molar-refractivity contribution >= 4 is 28.2 Å². The van der Waals surface area contributed by atoms with E-state index in [0.717, 1.165) is 30.4 Å². The summed E-state index contributed by atoms with van der Waals surface area (Å²) in [7, 11) is 0. The third kappa shape index (κ3) is 4.14. The van der Waals surface area contributed by atoms with Crippen LogP contribution in [0.3, 0.4) is 0 Å². The standard InChI is InChI=1S/C23H30N2O2S/c1-5-16(14-9-7-6-8-10-14)21(27)25-22-19(20(24)26)17-12-11-15(23(2,3)4)13-18(17)28-22/h6-10,15-16H,5,11-13H2,1-4H3,(H2,24,26)(H,25,27)/t15-,16-/m1/s1. The number of primary amides is 1. The van der Waals surface area contributed by atoms with Gasteiger partial charge in [-0.3, -0.25) is 9.59 Å². The Kier molecular flexibility index (Phi) is 5.94. The summed E-state index contributed by atoms with van der Waals surface area (Å²) in [6.07, 6.45) is 3.52. The smallest absolute Gasteiger partial charge is 0.251 e. The van der Waals surface area contributed by atoms with E-state index in [1.807, 2.05) is 37.3 Å². The first kappa shape index (κ1) is 20.6. The zero-order valence-electron chi connectivity index (χ0n) is 17.2. The Morgan fingerprint density at radius 2 is 1.93 bits per heavy atom. The van der Waals surface area contributed by atoms with Crippen LogP contribution in [0.1, 0.15) is 72.8 Å². The van der Waals surface area contributed by atoms with E-state index in [9.17, 15) is 9.59 Å². The number of hydrogen-bond acceptors (Lipinski definition) is 3. The molecule has 0 saturated heterocycles. The van der Waals surface area contributed by atoms with Gasteiger partial charge in [0.05, 0.1) is 11.5 Å². The van der Waals surface area contributed by atoms with Crippen molar-refractivity contribution in [2.45, 2.75) is 59.3 Å². The first-order valence-electron chi connectivity index (χ1n) is 10.0. The van der Waals surface area contributed by atoms with Crippen molar-refractivity contribution in [2.75, 3.05) is 5.32 Å². The fraction of sp³-hybridized carbons (Fsp3) is 0.478. The molecule has 28 heavy (non-hydrogen) atoms. The Balaban J connectivity index is 1.89. The van der Waals surface area contributed by atoms with E-state index in [1.165, 1.54) is 16.2 Å². The number of rotatable bonds is 5. The summed E-state index contributed by atoms with van der Waals surface area (Å²) >= 11 is 1.53. The van der Waals surface area contributed by atoms with E-state index in [-0.39, 0.29) is 17.2 Å². The zero-order valence-corrected chi connectivity index (χ0v) is 18.0. The highest BCUT2D eigenvalue weighted by atomic mass is 32.1. The van der Waals surface area contributed by atoms with Crippen LogP contribution in [0.5, 0.6) is 0 Å². The number of carbonyl (C=O) groups excluding carboxylic acids is 2.